The van der Waals surface area contributed by atoms with Crippen LogP contribution in [0.2, 0.25) is 0 Å². The van der Waals surface area contributed by atoms with E-state index in [1.165, 1.54) is 0 Å². The van der Waals surface area contributed by atoms with Crippen LogP contribution in [0.15, 0.2) is 11.6 Å². The maximum atomic E-state index is 12.3. The number of aliphatic hydroxyl groups is 4. The summed E-state index contributed by atoms with van der Waals surface area (Å²) in [5, 5.41) is 44.4. The molecule has 4 saturated carbocycles. The third-order valence-electron chi connectivity index (χ3n) is 11.4. The van der Waals surface area contributed by atoms with Crippen molar-refractivity contribution in [2.45, 2.75) is 125 Å². The van der Waals surface area contributed by atoms with E-state index >= 15 is 0 Å². The van der Waals surface area contributed by atoms with E-state index in [4.69, 9.17) is 25.8 Å². The van der Waals surface area contributed by atoms with Crippen LogP contribution in [0.3, 0.4) is 0 Å². The molecule has 2 aliphatic heterocycles. The lowest BCUT2D eigenvalue weighted by atomic mass is 9.46. The van der Waals surface area contributed by atoms with Gasteiger partial charge in [-0.05, 0) is 81.6 Å². The highest BCUT2D eigenvalue weighted by molar-refractivity contribution is 6.25. The Kier molecular flexibility index (Phi) is 6.36. The molecule has 4 aliphatic carbocycles. The van der Waals surface area contributed by atoms with E-state index in [0.29, 0.717) is 45.1 Å². The first-order chi connectivity index (χ1) is 17.4. The van der Waals surface area contributed by atoms with Crippen molar-refractivity contribution in [2.24, 2.45) is 23.2 Å². The number of rotatable bonds is 3. The number of ether oxygens (including phenoxy) is 3. The Morgan fingerprint density at radius 1 is 1.05 bits per heavy atom. The van der Waals surface area contributed by atoms with Gasteiger partial charge < -0.3 is 34.6 Å². The number of carbonyl (C=O) groups is 1. The van der Waals surface area contributed by atoms with Crippen LogP contribution in [0, 0.1) is 23.2 Å². The first-order valence-corrected chi connectivity index (χ1v) is 14.5. The minimum absolute atomic E-state index is 0.00993. The molecule has 9 heteroatoms. The summed E-state index contributed by atoms with van der Waals surface area (Å²) in [7, 11) is 0. The van der Waals surface area contributed by atoms with Crippen molar-refractivity contribution in [2.75, 3.05) is 6.61 Å². The molecular weight excluding hydrogens is 500 g/mol. The minimum atomic E-state index is -1.12. The maximum Gasteiger partial charge on any atom is 0.331 e. The van der Waals surface area contributed by atoms with Gasteiger partial charge in [0.05, 0.1) is 34.4 Å². The van der Waals surface area contributed by atoms with Crippen molar-refractivity contribution in [1.82, 2.24) is 0 Å². The van der Waals surface area contributed by atoms with Crippen LogP contribution in [-0.2, 0) is 19.0 Å². The molecule has 0 aromatic carbocycles. The molecule has 5 fully saturated rings. The second-order valence-electron chi connectivity index (χ2n) is 13.0. The van der Waals surface area contributed by atoms with Crippen LogP contribution in [-0.4, -0.2) is 79.8 Å². The summed E-state index contributed by atoms with van der Waals surface area (Å²) >= 11 is 7.45. The molecule has 6 aliphatic rings. The highest BCUT2D eigenvalue weighted by Crippen LogP contribution is 2.69. The largest absolute Gasteiger partial charge is 0.458 e. The van der Waals surface area contributed by atoms with Gasteiger partial charge in [-0.3, -0.25) is 0 Å². The maximum absolute atomic E-state index is 12.3. The molecule has 208 valence electrons. The Labute approximate surface area is 223 Å². The molecule has 0 spiro atoms. The average Bonchev–Trinajstić information content (AvgIpc) is 3.38. The summed E-state index contributed by atoms with van der Waals surface area (Å²) in [5.74, 6) is -0.191. The van der Waals surface area contributed by atoms with E-state index in [-0.39, 0.29) is 41.7 Å². The van der Waals surface area contributed by atoms with Crippen LogP contribution in [0.1, 0.15) is 78.1 Å². The molecule has 0 amide bonds. The smallest absolute Gasteiger partial charge is 0.331 e. The molecule has 2 heterocycles. The number of aliphatic hydroxyl groups excluding tert-OH is 2. The van der Waals surface area contributed by atoms with Crippen LogP contribution in [0.4, 0.5) is 0 Å². The first-order valence-electron chi connectivity index (χ1n) is 14.1. The molecule has 8 nitrogen and oxygen atoms in total. The predicted molar refractivity (Wildman–Crippen MR) is 133 cm³/mol. The third-order valence-corrected chi connectivity index (χ3v) is 12.2. The Hall–Kier alpha value is -0.740. The number of esters is 1. The van der Waals surface area contributed by atoms with Gasteiger partial charge in [-0.1, -0.05) is 6.92 Å². The summed E-state index contributed by atoms with van der Waals surface area (Å²) < 4.78 is 17.2. The second kappa shape index (κ2) is 8.88. The lowest BCUT2D eigenvalue weighted by Crippen LogP contribution is -2.69. The first kappa shape index (κ1) is 26.5. The van der Waals surface area contributed by atoms with Crippen molar-refractivity contribution in [3.8, 4) is 0 Å². The monoisotopic (exact) mass is 540 g/mol. The van der Waals surface area contributed by atoms with Gasteiger partial charge in [0.25, 0.3) is 0 Å². The van der Waals surface area contributed by atoms with E-state index in [0.717, 1.165) is 24.8 Å². The Morgan fingerprint density at radius 2 is 1.81 bits per heavy atom. The van der Waals surface area contributed by atoms with Crippen LogP contribution < -0.4 is 0 Å². The Bertz CT molecular complexity index is 962. The quantitative estimate of drug-likeness (QED) is 0.244. The number of hydrogen-bond acceptors (Lipinski definition) is 8. The lowest BCUT2D eigenvalue weighted by molar-refractivity contribution is -0.274. The van der Waals surface area contributed by atoms with Gasteiger partial charge in [0.1, 0.15) is 12.7 Å². The van der Waals surface area contributed by atoms with Gasteiger partial charge in [-0.2, -0.15) is 0 Å². The topological polar surface area (TPSA) is 126 Å². The van der Waals surface area contributed by atoms with E-state index in [9.17, 15) is 25.2 Å². The van der Waals surface area contributed by atoms with E-state index in [1.807, 2.05) is 0 Å². The van der Waals surface area contributed by atoms with Crippen LogP contribution in [0.5, 0.6) is 0 Å². The average molecular weight is 541 g/mol. The summed E-state index contributed by atoms with van der Waals surface area (Å²) in [4.78, 5) is 10.9. The zero-order valence-corrected chi connectivity index (χ0v) is 22.5. The third kappa shape index (κ3) is 3.80. The summed E-state index contributed by atoms with van der Waals surface area (Å²) in [6, 6.07) is 0. The molecular formula is C28H41ClO8. The Balaban J connectivity index is 1.19. The number of hydrogen-bond donors (Lipinski definition) is 4. The van der Waals surface area contributed by atoms with Gasteiger partial charge in [0, 0.05) is 24.3 Å². The molecule has 6 rings (SSSR count). The molecule has 0 radical (unpaired) electrons. The lowest BCUT2D eigenvalue weighted by Gasteiger charge is -2.65. The van der Waals surface area contributed by atoms with Gasteiger partial charge in [0.2, 0.25) is 0 Å². The van der Waals surface area contributed by atoms with E-state index < -0.39 is 40.7 Å². The number of halogens is 1. The van der Waals surface area contributed by atoms with Gasteiger partial charge in [0.15, 0.2) is 6.29 Å². The standard InChI is InChI=1S/C28H41ClO8/c1-15-24(32)21(30)12-23(36-15)37-17-3-9-27(29)19-4-7-25(2)18(16-11-22(31)35-14-16)6-10-28(25,34)20(19)5-8-26(27,33)13-17/h11,15,17-21,23-24,30,32-34H,3-10,12-14H2,1-2H3/t15-,17+,18-,19+,20-,21+,23+,24-,25-,26+,27?,28+/m1/s1. The fraction of sp³-hybridized carbons (Fsp3) is 0.893. The fourth-order valence-corrected chi connectivity index (χ4v) is 9.90. The second-order valence-corrected chi connectivity index (χ2v) is 13.7. The van der Waals surface area contributed by atoms with Crippen molar-refractivity contribution in [1.29, 1.82) is 0 Å². The number of carbonyl (C=O) groups excluding carboxylic acids is 1. The van der Waals surface area contributed by atoms with Crippen molar-refractivity contribution in [3.63, 3.8) is 0 Å². The van der Waals surface area contributed by atoms with Crippen molar-refractivity contribution < 1.29 is 39.4 Å². The van der Waals surface area contributed by atoms with E-state index in [2.05, 4.69) is 6.92 Å². The SMILES string of the molecule is C[C@H]1O[C@@H](O[C@H]2CCC3(Cl)[C@H]4CC[C@]5(C)[C@@H](C6=CC(=O)OC6)CC[C@]5(O)[C@@H]4CC[C@]3(O)C2)C[C@H](O)[C@@H]1O. The Morgan fingerprint density at radius 3 is 2.51 bits per heavy atom. The highest BCUT2D eigenvalue weighted by Gasteiger charge is 2.71. The van der Waals surface area contributed by atoms with E-state index in [1.54, 1.807) is 13.0 Å². The molecule has 0 aromatic heterocycles. The summed E-state index contributed by atoms with van der Waals surface area (Å²) in [6.45, 7) is 4.21. The fourth-order valence-electron chi connectivity index (χ4n) is 9.36. The molecule has 37 heavy (non-hydrogen) atoms. The van der Waals surface area contributed by atoms with Gasteiger partial charge in [-0.15, -0.1) is 11.6 Å². The van der Waals surface area contributed by atoms with Crippen LogP contribution >= 0.6 is 11.6 Å². The molecule has 1 unspecified atom stereocenters. The minimum Gasteiger partial charge on any atom is -0.458 e. The summed E-state index contributed by atoms with van der Waals surface area (Å²) in [5.41, 5.74) is -1.36. The number of alkyl halides is 1. The van der Waals surface area contributed by atoms with Gasteiger partial charge in [-0.25, -0.2) is 4.79 Å². The molecule has 0 bridgehead atoms. The van der Waals surface area contributed by atoms with Gasteiger partial charge >= 0.3 is 5.97 Å². The highest BCUT2D eigenvalue weighted by atomic mass is 35.5. The van der Waals surface area contributed by atoms with Crippen LogP contribution in [0.25, 0.3) is 0 Å². The normalized spacial score (nSPS) is 55.6. The van der Waals surface area contributed by atoms with Crippen molar-refractivity contribution >= 4 is 17.6 Å². The molecule has 1 saturated heterocycles. The predicted octanol–water partition coefficient (Wildman–Crippen LogP) is 2.57. The molecule has 12 atom stereocenters. The zero-order valence-electron chi connectivity index (χ0n) is 21.8. The number of cyclic esters (lactones) is 1. The van der Waals surface area contributed by atoms with Crippen molar-refractivity contribution in [3.05, 3.63) is 11.6 Å². The summed E-state index contributed by atoms with van der Waals surface area (Å²) in [6.07, 6.45) is 4.48. The zero-order chi connectivity index (χ0) is 26.4. The number of fused-ring (bicyclic) bond motifs is 5. The molecule has 4 N–H and O–H groups in total. The molecule has 0 aromatic rings.